The van der Waals surface area contributed by atoms with Crippen molar-refractivity contribution in [1.29, 1.82) is 0 Å². The van der Waals surface area contributed by atoms with Gasteiger partial charge in [0.1, 0.15) is 0 Å². The Balaban J connectivity index is 1.70. The summed E-state index contributed by atoms with van der Waals surface area (Å²) in [5, 5.41) is 0. The highest BCUT2D eigenvalue weighted by molar-refractivity contribution is 5.95. The highest BCUT2D eigenvalue weighted by atomic mass is 16.5. The largest absolute Gasteiger partial charge is 0.466 e. The predicted octanol–water partition coefficient (Wildman–Crippen LogP) is 0.950. The molecule has 1 aromatic heterocycles. The summed E-state index contributed by atoms with van der Waals surface area (Å²) >= 11 is 0. The fourth-order valence-corrected chi connectivity index (χ4v) is 2.47. The zero-order valence-corrected chi connectivity index (χ0v) is 13.3. The molecule has 0 aromatic carbocycles. The van der Waals surface area contributed by atoms with Crippen LogP contribution in [0.1, 0.15) is 30.3 Å². The van der Waals surface area contributed by atoms with Gasteiger partial charge in [0.2, 0.25) is 11.7 Å². The zero-order valence-electron chi connectivity index (χ0n) is 13.3. The van der Waals surface area contributed by atoms with Crippen LogP contribution < -0.4 is 0 Å². The molecule has 0 spiro atoms. The first-order valence-electron chi connectivity index (χ1n) is 7.82. The van der Waals surface area contributed by atoms with Crippen molar-refractivity contribution in [3.8, 4) is 0 Å². The van der Waals surface area contributed by atoms with E-state index in [2.05, 4.69) is 0 Å². The Morgan fingerprint density at radius 1 is 1.17 bits per heavy atom. The maximum Gasteiger partial charge on any atom is 0.306 e. The number of ether oxygens (including phenoxy) is 1. The molecular weight excluding hydrogens is 300 g/mol. The lowest BCUT2D eigenvalue weighted by Crippen LogP contribution is -2.49. The average molecular weight is 322 g/mol. The van der Waals surface area contributed by atoms with Crippen LogP contribution in [0.15, 0.2) is 22.8 Å². The minimum Gasteiger partial charge on any atom is -0.466 e. The molecule has 7 nitrogen and oxygen atoms in total. The molecule has 2 rings (SSSR count). The molecule has 0 saturated carbocycles. The van der Waals surface area contributed by atoms with Crippen molar-refractivity contribution in [3.05, 3.63) is 24.2 Å². The lowest BCUT2D eigenvalue weighted by molar-refractivity contribution is -0.146. The minimum absolute atomic E-state index is 0.0462. The van der Waals surface area contributed by atoms with Gasteiger partial charge in [-0.2, -0.15) is 0 Å². The molecule has 7 heteroatoms. The van der Waals surface area contributed by atoms with Crippen molar-refractivity contribution in [2.75, 3.05) is 39.3 Å². The second-order valence-corrected chi connectivity index (χ2v) is 5.36. The summed E-state index contributed by atoms with van der Waals surface area (Å²) in [4.78, 5) is 39.0. The number of carbonyl (C=O) groups is 3. The van der Waals surface area contributed by atoms with Gasteiger partial charge in [-0.15, -0.1) is 0 Å². The number of rotatable bonds is 7. The van der Waals surface area contributed by atoms with Crippen LogP contribution in [0.4, 0.5) is 0 Å². The number of ketones is 1. The molecule has 23 heavy (non-hydrogen) atoms. The average Bonchev–Trinajstić information content (AvgIpc) is 3.08. The maximum absolute atomic E-state index is 12.0. The van der Waals surface area contributed by atoms with Gasteiger partial charge in [-0.3, -0.25) is 19.3 Å². The molecule has 1 aliphatic heterocycles. The third-order valence-corrected chi connectivity index (χ3v) is 3.74. The van der Waals surface area contributed by atoms with Gasteiger partial charge in [0.15, 0.2) is 5.76 Å². The molecule has 0 bridgehead atoms. The standard InChI is InChI=1S/C16H22N2O5/c1-2-22-16(21)6-5-15(20)18-9-7-17(8-10-18)12-13(19)14-4-3-11-23-14/h3-4,11H,2,5-10,12H2,1H3. The Labute approximate surface area is 135 Å². The number of piperazine rings is 1. The van der Waals surface area contributed by atoms with Crippen LogP contribution in [0.25, 0.3) is 0 Å². The third kappa shape index (κ3) is 5.21. The van der Waals surface area contributed by atoms with E-state index in [0.717, 1.165) is 0 Å². The van der Waals surface area contributed by atoms with Crippen LogP contribution in [0.2, 0.25) is 0 Å². The molecule has 0 radical (unpaired) electrons. The summed E-state index contributed by atoms with van der Waals surface area (Å²) < 4.78 is 9.90. The second kappa shape index (κ2) is 8.47. The lowest BCUT2D eigenvalue weighted by atomic mass is 10.2. The van der Waals surface area contributed by atoms with Crippen molar-refractivity contribution >= 4 is 17.7 Å². The minimum atomic E-state index is -0.344. The summed E-state index contributed by atoms with van der Waals surface area (Å²) in [5.74, 6) is -0.0892. The Hall–Kier alpha value is -2.15. The highest BCUT2D eigenvalue weighted by Crippen LogP contribution is 2.08. The molecule has 1 aromatic rings. The number of hydrogen-bond acceptors (Lipinski definition) is 6. The van der Waals surface area contributed by atoms with E-state index >= 15 is 0 Å². The summed E-state index contributed by atoms with van der Waals surface area (Å²) in [7, 11) is 0. The number of nitrogens with zero attached hydrogens (tertiary/aromatic N) is 2. The fourth-order valence-electron chi connectivity index (χ4n) is 2.47. The van der Waals surface area contributed by atoms with Gasteiger partial charge in [-0.1, -0.05) is 0 Å². The number of Topliss-reactive ketones (excluding diaryl/α,β-unsaturated/α-hetero) is 1. The van der Waals surface area contributed by atoms with Gasteiger partial charge < -0.3 is 14.1 Å². The van der Waals surface area contributed by atoms with Crippen LogP contribution in [0, 0.1) is 0 Å². The Bertz CT molecular complexity index is 533. The molecule has 1 aliphatic rings. The van der Waals surface area contributed by atoms with E-state index in [-0.39, 0.29) is 30.5 Å². The number of furan rings is 1. The Morgan fingerprint density at radius 2 is 1.91 bits per heavy atom. The van der Waals surface area contributed by atoms with E-state index in [1.54, 1.807) is 24.0 Å². The van der Waals surface area contributed by atoms with Crippen molar-refractivity contribution in [2.45, 2.75) is 19.8 Å². The normalized spacial score (nSPS) is 15.4. The highest BCUT2D eigenvalue weighted by Gasteiger charge is 2.23. The van der Waals surface area contributed by atoms with Gasteiger partial charge >= 0.3 is 5.97 Å². The summed E-state index contributed by atoms with van der Waals surface area (Å²) in [6.45, 7) is 4.76. The van der Waals surface area contributed by atoms with Crippen LogP contribution in [-0.2, 0) is 14.3 Å². The Kier molecular flexibility index (Phi) is 6.34. The molecule has 2 heterocycles. The molecule has 1 fully saturated rings. The van der Waals surface area contributed by atoms with Crippen LogP contribution >= 0.6 is 0 Å². The summed E-state index contributed by atoms with van der Waals surface area (Å²) in [6, 6.07) is 3.34. The molecular formula is C16H22N2O5. The lowest BCUT2D eigenvalue weighted by Gasteiger charge is -2.34. The first-order valence-corrected chi connectivity index (χ1v) is 7.82. The number of esters is 1. The number of amides is 1. The fraction of sp³-hybridized carbons (Fsp3) is 0.562. The van der Waals surface area contributed by atoms with Gasteiger partial charge in [0.05, 0.1) is 25.8 Å². The summed E-state index contributed by atoms with van der Waals surface area (Å²) in [5.41, 5.74) is 0. The third-order valence-electron chi connectivity index (χ3n) is 3.74. The first-order chi connectivity index (χ1) is 11.1. The van der Waals surface area contributed by atoms with E-state index < -0.39 is 0 Å². The second-order valence-electron chi connectivity index (χ2n) is 5.36. The maximum atomic E-state index is 12.0. The van der Waals surface area contributed by atoms with E-state index in [1.165, 1.54) is 6.26 Å². The molecule has 126 valence electrons. The smallest absolute Gasteiger partial charge is 0.306 e. The topological polar surface area (TPSA) is 80.1 Å². The molecule has 0 aliphatic carbocycles. The predicted molar refractivity (Wildman–Crippen MR) is 81.9 cm³/mol. The van der Waals surface area contributed by atoms with Gasteiger partial charge in [-0.25, -0.2) is 0 Å². The van der Waals surface area contributed by atoms with Gasteiger partial charge in [-0.05, 0) is 19.1 Å². The van der Waals surface area contributed by atoms with Crippen molar-refractivity contribution in [2.24, 2.45) is 0 Å². The quantitative estimate of drug-likeness (QED) is 0.549. The van der Waals surface area contributed by atoms with Gasteiger partial charge in [0.25, 0.3) is 0 Å². The SMILES string of the molecule is CCOC(=O)CCC(=O)N1CCN(CC(=O)c2ccco2)CC1. The van der Waals surface area contributed by atoms with Crippen LogP contribution in [0.3, 0.4) is 0 Å². The first kappa shape index (κ1) is 17.2. The van der Waals surface area contributed by atoms with E-state index in [4.69, 9.17) is 9.15 Å². The molecule has 0 N–H and O–H groups in total. The van der Waals surface area contributed by atoms with E-state index in [1.807, 2.05) is 4.90 Å². The zero-order chi connectivity index (χ0) is 16.7. The van der Waals surface area contributed by atoms with Crippen molar-refractivity contribution < 1.29 is 23.5 Å². The molecule has 0 atom stereocenters. The van der Waals surface area contributed by atoms with Gasteiger partial charge in [0, 0.05) is 32.6 Å². The monoisotopic (exact) mass is 322 g/mol. The van der Waals surface area contributed by atoms with E-state index in [9.17, 15) is 14.4 Å². The number of hydrogen-bond donors (Lipinski definition) is 0. The van der Waals surface area contributed by atoms with E-state index in [0.29, 0.717) is 45.1 Å². The molecule has 0 unspecified atom stereocenters. The molecule has 1 saturated heterocycles. The van der Waals surface area contributed by atoms with Crippen LogP contribution in [-0.4, -0.2) is 66.8 Å². The van der Waals surface area contributed by atoms with Crippen molar-refractivity contribution in [1.82, 2.24) is 9.80 Å². The van der Waals surface area contributed by atoms with Crippen LogP contribution in [0.5, 0.6) is 0 Å². The molecule has 1 amide bonds. The summed E-state index contributed by atoms with van der Waals surface area (Å²) in [6.07, 6.45) is 1.77. The Morgan fingerprint density at radius 3 is 2.52 bits per heavy atom. The van der Waals surface area contributed by atoms with Crippen molar-refractivity contribution in [3.63, 3.8) is 0 Å². The number of carbonyl (C=O) groups excluding carboxylic acids is 3.